The van der Waals surface area contributed by atoms with Crippen molar-refractivity contribution in [3.8, 4) is 5.75 Å². The van der Waals surface area contributed by atoms with Crippen LogP contribution >= 0.6 is 15.9 Å². The molecule has 1 heterocycles. The Labute approximate surface area is 144 Å². The van der Waals surface area contributed by atoms with Gasteiger partial charge in [0.15, 0.2) is 0 Å². The lowest BCUT2D eigenvalue weighted by atomic mass is 9.79. The molecule has 0 bridgehead atoms. The summed E-state index contributed by atoms with van der Waals surface area (Å²) in [5, 5.41) is 0. The van der Waals surface area contributed by atoms with E-state index < -0.39 is 5.60 Å². The van der Waals surface area contributed by atoms with E-state index in [-0.39, 0.29) is 23.5 Å². The number of carbonyl (C=O) groups is 1. The van der Waals surface area contributed by atoms with E-state index in [1.807, 2.05) is 26.8 Å². The molecule has 1 aliphatic carbocycles. The lowest BCUT2D eigenvalue weighted by molar-refractivity contribution is -0.148. The van der Waals surface area contributed by atoms with E-state index >= 15 is 0 Å². The summed E-state index contributed by atoms with van der Waals surface area (Å²) >= 11 is 3.31. The molecule has 1 saturated carbocycles. The van der Waals surface area contributed by atoms with Gasteiger partial charge in [-0.15, -0.1) is 0 Å². The highest BCUT2D eigenvalue weighted by Crippen LogP contribution is 2.39. The minimum atomic E-state index is -0.504. The number of rotatable bonds is 4. The van der Waals surface area contributed by atoms with Crippen molar-refractivity contribution in [3.05, 3.63) is 39.2 Å². The van der Waals surface area contributed by atoms with Crippen LogP contribution in [0.15, 0.2) is 33.7 Å². The average Bonchev–Trinajstić information content (AvgIpc) is 2.38. The molecule has 0 aromatic carbocycles. The van der Waals surface area contributed by atoms with Crippen molar-refractivity contribution in [2.24, 2.45) is 5.92 Å². The summed E-state index contributed by atoms with van der Waals surface area (Å²) in [6, 6.07) is 1.55. The largest absolute Gasteiger partial charge is 0.494 e. The van der Waals surface area contributed by atoms with Crippen molar-refractivity contribution in [1.82, 2.24) is 4.57 Å². The van der Waals surface area contributed by atoms with E-state index in [4.69, 9.17) is 9.47 Å². The predicted molar refractivity (Wildman–Crippen MR) is 91.7 cm³/mol. The van der Waals surface area contributed by atoms with Crippen LogP contribution in [-0.2, 0) is 9.53 Å². The van der Waals surface area contributed by atoms with Crippen LogP contribution in [0.25, 0.3) is 0 Å². The Hall–Kier alpha value is -1.56. The van der Waals surface area contributed by atoms with E-state index in [0.717, 1.165) is 12.8 Å². The smallest absolute Gasteiger partial charge is 0.330 e. The van der Waals surface area contributed by atoms with Gasteiger partial charge in [0, 0.05) is 18.2 Å². The fraction of sp³-hybridized carbons (Fsp3) is 0.529. The van der Waals surface area contributed by atoms with E-state index in [2.05, 4.69) is 15.9 Å². The third-order valence-corrected chi connectivity index (χ3v) is 4.37. The Bertz CT molecular complexity index is 672. The summed E-state index contributed by atoms with van der Waals surface area (Å²) in [6.45, 7) is 5.50. The number of esters is 1. The molecule has 1 aromatic rings. The van der Waals surface area contributed by atoms with Crippen molar-refractivity contribution in [1.29, 1.82) is 0 Å². The zero-order valence-electron chi connectivity index (χ0n) is 13.8. The topological polar surface area (TPSA) is 57.5 Å². The fourth-order valence-electron chi connectivity index (χ4n) is 2.53. The molecule has 0 spiro atoms. The van der Waals surface area contributed by atoms with Gasteiger partial charge in [-0.25, -0.2) is 4.79 Å². The molecule has 0 amide bonds. The molecule has 0 radical (unpaired) electrons. The van der Waals surface area contributed by atoms with Crippen molar-refractivity contribution in [3.63, 3.8) is 0 Å². The SMILES string of the molecule is COc1cn(C2CCC2/C=C/C(=O)OC(C)(C)C)c(=O)cc1Br. The lowest BCUT2D eigenvalue weighted by Gasteiger charge is -2.36. The average molecular weight is 384 g/mol. The number of ether oxygens (including phenoxy) is 2. The minimum Gasteiger partial charge on any atom is -0.494 e. The molecular weight excluding hydrogens is 362 g/mol. The van der Waals surface area contributed by atoms with Crippen molar-refractivity contribution in [2.45, 2.75) is 45.3 Å². The molecule has 0 N–H and O–H groups in total. The maximum Gasteiger partial charge on any atom is 0.330 e. The van der Waals surface area contributed by atoms with Crippen LogP contribution in [-0.4, -0.2) is 23.2 Å². The summed E-state index contributed by atoms with van der Waals surface area (Å²) < 4.78 is 12.8. The van der Waals surface area contributed by atoms with Gasteiger partial charge in [0.05, 0.1) is 17.8 Å². The maximum atomic E-state index is 12.2. The van der Waals surface area contributed by atoms with Crippen molar-refractivity contribution < 1.29 is 14.3 Å². The van der Waals surface area contributed by atoms with Gasteiger partial charge < -0.3 is 14.0 Å². The van der Waals surface area contributed by atoms with Gasteiger partial charge in [-0.05, 0) is 55.5 Å². The Morgan fingerprint density at radius 1 is 1.39 bits per heavy atom. The molecule has 2 unspecified atom stereocenters. The Morgan fingerprint density at radius 2 is 2.09 bits per heavy atom. The summed E-state index contributed by atoms with van der Waals surface area (Å²) in [7, 11) is 1.57. The number of pyridine rings is 1. The Balaban J connectivity index is 2.11. The molecule has 1 aliphatic rings. The molecule has 1 fully saturated rings. The monoisotopic (exact) mass is 383 g/mol. The number of aromatic nitrogens is 1. The van der Waals surface area contributed by atoms with E-state index in [1.165, 1.54) is 12.1 Å². The molecule has 0 saturated heterocycles. The number of hydrogen-bond acceptors (Lipinski definition) is 4. The maximum absolute atomic E-state index is 12.2. The quantitative estimate of drug-likeness (QED) is 0.589. The van der Waals surface area contributed by atoms with E-state index in [1.54, 1.807) is 17.9 Å². The van der Waals surface area contributed by atoms with E-state index in [9.17, 15) is 9.59 Å². The van der Waals surface area contributed by atoms with Gasteiger partial charge in [-0.2, -0.15) is 0 Å². The molecule has 23 heavy (non-hydrogen) atoms. The first-order valence-electron chi connectivity index (χ1n) is 7.58. The summed E-state index contributed by atoms with van der Waals surface area (Å²) in [6.07, 6.45) is 6.85. The van der Waals surface area contributed by atoms with Crippen molar-refractivity contribution >= 4 is 21.9 Å². The third kappa shape index (κ3) is 4.47. The Kier molecular flexibility index (Phi) is 5.34. The summed E-state index contributed by atoms with van der Waals surface area (Å²) in [5.74, 6) is 0.404. The number of halogens is 1. The first kappa shape index (κ1) is 17.8. The molecule has 2 rings (SSSR count). The zero-order chi connectivity index (χ0) is 17.2. The van der Waals surface area contributed by atoms with Gasteiger partial charge in [0.2, 0.25) is 0 Å². The molecule has 6 heteroatoms. The number of nitrogens with zero attached hydrogens (tertiary/aromatic N) is 1. The fourth-order valence-corrected chi connectivity index (χ4v) is 2.99. The minimum absolute atomic E-state index is 0.0446. The molecule has 0 aliphatic heterocycles. The second kappa shape index (κ2) is 6.91. The molecular formula is C17H22BrNO4. The number of carbonyl (C=O) groups excluding carboxylic acids is 1. The third-order valence-electron chi connectivity index (χ3n) is 3.75. The summed E-state index contributed by atoms with van der Waals surface area (Å²) in [4.78, 5) is 23.9. The first-order valence-corrected chi connectivity index (χ1v) is 8.37. The highest BCUT2D eigenvalue weighted by Gasteiger charge is 2.31. The number of methoxy groups -OCH3 is 1. The zero-order valence-corrected chi connectivity index (χ0v) is 15.4. The molecule has 126 valence electrons. The van der Waals surface area contributed by atoms with Crippen LogP contribution < -0.4 is 10.3 Å². The molecule has 2 atom stereocenters. The second-order valence-corrected chi connectivity index (χ2v) is 7.49. The number of hydrogen-bond donors (Lipinski definition) is 0. The van der Waals surface area contributed by atoms with Gasteiger partial charge in [-0.3, -0.25) is 4.79 Å². The first-order chi connectivity index (χ1) is 10.7. The van der Waals surface area contributed by atoms with E-state index in [0.29, 0.717) is 10.2 Å². The normalized spacial score (nSPS) is 21.1. The highest BCUT2D eigenvalue weighted by molar-refractivity contribution is 9.10. The molecule has 1 aromatic heterocycles. The van der Waals surface area contributed by atoms with Crippen LogP contribution in [0.1, 0.15) is 39.7 Å². The standard InChI is InChI=1S/C17H22BrNO4/c1-17(2,3)23-16(21)8-6-11-5-7-13(11)19-10-14(22-4)12(18)9-15(19)20/h6,8-11,13H,5,7H2,1-4H3/b8-6+. The van der Waals surface area contributed by atoms with Crippen LogP contribution in [0.3, 0.4) is 0 Å². The number of allylic oxidation sites excluding steroid dienone is 1. The second-order valence-electron chi connectivity index (χ2n) is 6.64. The summed E-state index contributed by atoms with van der Waals surface area (Å²) in [5.41, 5.74) is -0.589. The van der Waals surface area contributed by atoms with Gasteiger partial charge in [-0.1, -0.05) is 6.08 Å². The van der Waals surface area contributed by atoms with Gasteiger partial charge in [0.25, 0.3) is 5.56 Å². The van der Waals surface area contributed by atoms with Crippen LogP contribution in [0.2, 0.25) is 0 Å². The van der Waals surface area contributed by atoms with Crippen LogP contribution in [0.4, 0.5) is 0 Å². The van der Waals surface area contributed by atoms with Gasteiger partial charge in [0.1, 0.15) is 11.4 Å². The lowest BCUT2D eigenvalue weighted by Crippen LogP contribution is -2.34. The van der Waals surface area contributed by atoms with Crippen molar-refractivity contribution in [2.75, 3.05) is 7.11 Å². The van der Waals surface area contributed by atoms with Crippen LogP contribution in [0.5, 0.6) is 5.75 Å². The van der Waals surface area contributed by atoms with Gasteiger partial charge >= 0.3 is 5.97 Å². The highest BCUT2D eigenvalue weighted by atomic mass is 79.9. The van der Waals surface area contributed by atoms with Crippen LogP contribution in [0, 0.1) is 5.92 Å². The molecule has 5 nitrogen and oxygen atoms in total. The predicted octanol–water partition coefficient (Wildman–Crippen LogP) is 3.47. The Morgan fingerprint density at radius 3 is 2.61 bits per heavy atom.